The number of hydrogen-bond donors (Lipinski definition) is 1. The van der Waals surface area contributed by atoms with Crippen LogP contribution in [0.2, 0.25) is 0 Å². The second kappa shape index (κ2) is 4.92. The summed E-state index contributed by atoms with van der Waals surface area (Å²) in [5.41, 5.74) is 0.660. The van der Waals surface area contributed by atoms with Crippen molar-refractivity contribution in [1.29, 1.82) is 0 Å². The molecule has 0 bridgehead atoms. The van der Waals surface area contributed by atoms with Gasteiger partial charge in [-0.3, -0.25) is 4.90 Å². The number of hydrogen-bond acceptors (Lipinski definition) is 5. The van der Waals surface area contributed by atoms with E-state index < -0.39 is 0 Å². The van der Waals surface area contributed by atoms with Gasteiger partial charge in [-0.2, -0.15) is 0 Å². The predicted molar refractivity (Wildman–Crippen MR) is 81.2 cm³/mol. The minimum Gasteiger partial charge on any atom is -0.389 e. The molecule has 2 unspecified atom stereocenters. The molecule has 5 heteroatoms. The van der Waals surface area contributed by atoms with Gasteiger partial charge in [0.25, 0.3) is 0 Å². The summed E-state index contributed by atoms with van der Waals surface area (Å²) in [5, 5.41) is 10.3. The number of aliphatic hydroxyl groups is 1. The van der Waals surface area contributed by atoms with Crippen molar-refractivity contribution in [1.82, 2.24) is 14.9 Å². The molecule has 2 saturated heterocycles. The van der Waals surface area contributed by atoms with Crippen LogP contribution in [0.25, 0.3) is 0 Å². The topological polar surface area (TPSA) is 52.5 Å². The summed E-state index contributed by atoms with van der Waals surface area (Å²) in [6.07, 6.45) is 4.84. The largest absolute Gasteiger partial charge is 0.389 e. The van der Waals surface area contributed by atoms with E-state index in [-0.39, 0.29) is 5.60 Å². The van der Waals surface area contributed by atoms with Gasteiger partial charge in [0.1, 0.15) is 12.1 Å². The Morgan fingerprint density at radius 1 is 1.19 bits per heavy atom. The number of rotatable bonds is 3. The van der Waals surface area contributed by atoms with Crippen molar-refractivity contribution in [2.24, 2.45) is 11.8 Å². The van der Waals surface area contributed by atoms with Crippen LogP contribution in [0.15, 0.2) is 12.4 Å². The molecule has 1 saturated carbocycles. The molecule has 114 valence electrons. The fourth-order valence-corrected chi connectivity index (χ4v) is 4.18. The molecular formula is C16H24N4O. The van der Waals surface area contributed by atoms with E-state index in [1.807, 2.05) is 6.92 Å². The zero-order valence-corrected chi connectivity index (χ0v) is 12.7. The minimum absolute atomic E-state index is 0.373. The van der Waals surface area contributed by atoms with Gasteiger partial charge in [0, 0.05) is 44.5 Å². The molecule has 1 aliphatic carbocycles. The average molecular weight is 288 g/mol. The van der Waals surface area contributed by atoms with Crippen molar-refractivity contribution in [2.75, 3.05) is 37.6 Å². The van der Waals surface area contributed by atoms with Crippen molar-refractivity contribution in [3.05, 3.63) is 18.1 Å². The summed E-state index contributed by atoms with van der Waals surface area (Å²) in [4.78, 5) is 13.5. The number of nitrogens with zero attached hydrogens (tertiary/aromatic N) is 4. The molecule has 3 heterocycles. The first-order valence-electron chi connectivity index (χ1n) is 8.10. The Hall–Kier alpha value is -1.20. The van der Waals surface area contributed by atoms with Gasteiger partial charge < -0.3 is 10.0 Å². The van der Waals surface area contributed by atoms with Crippen LogP contribution in [0.5, 0.6) is 0 Å². The lowest BCUT2D eigenvalue weighted by molar-refractivity contribution is -0.0557. The standard InChI is InChI=1S/C16H24N4O/c1-12-5-15(18-11-17-12)20-8-13-6-19(7-14(13)9-20)10-16(21)3-2-4-16/h5,11,13-14,21H,2-4,6-10H2,1H3. The van der Waals surface area contributed by atoms with E-state index in [1.54, 1.807) is 6.33 Å². The van der Waals surface area contributed by atoms with Gasteiger partial charge in [-0.1, -0.05) is 0 Å². The van der Waals surface area contributed by atoms with Crippen LogP contribution < -0.4 is 4.90 Å². The molecule has 1 N–H and O–H groups in total. The van der Waals surface area contributed by atoms with Gasteiger partial charge in [0.2, 0.25) is 0 Å². The lowest BCUT2D eigenvalue weighted by atomic mass is 9.80. The summed E-state index contributed by atoms with van der Waals surface area (Å²) in [5.74, 6) is 2.52. The molecule has 5 nitrogen and oxygen atoms in total. The normalized spacial score (nSPS) is 31.2. The molecule has 0 radical (unpaired) electrons. The van der Waals surface area contributed by atoms with Gasteiger partial charge in [-0.05, 0) is 38.0 Å². The smallest absolute Gasteiger partial charge is 0.132 e. The van der Waals surface area contributed by atoms with Crippen molar-refractivity contribution in [3.63, 3.8) is 0 Å². The number of anilines is 1. The van der Waals surface area contributed by atoms with E-state index >= 15 is 0 Å². The van der Waals surface area contributed by atoms with Crippen LogP contribution in [0, 0.1) is 18.8 Å². The molecule has 1 aromatic heterocycles. The highest BCUT2D eigenvalue weighted by molar-refractivity contribution is 5.40. The number of aromatic nitrogens is 2. The fourth-order valence-electron chi connectivity index (χ4n) is 4.18. The zero-order valence-electron chi connectivity index (χ0n) is 12.7. The van der Waals surface area contributed by atoms with Crippen molar-refractivity contribution in [3.8, 4) is 0 Å². The maximum Gasteiger partial charge on any atom is 0.132 e. The highest BCUT2D eigenvalue weighted by atomic mass is 16.3. The van der Waals surface area contributed by atoms with Crippen LogP contribution in [0.4, 0.5) is 5.82 Å². The molecule has 2 atom stereocenters. The Labute approximate surface area is 126 Å². The molecule has 21 heavy (non-hydrogen) atoms. The van der Waals surface area contributed by atoms with Crippen molar-refractivity contribution >= 4 is 5.82 Å². The van der Waals surface area contributed by atoms with Crippen LogP contribution >= 0.6 is 0 Å². The predicted octanol–water partition coefficient (Wildman–Crippen LogP) is 1.07. The van der Waals surface area contributed by atoms with Gasteiger partial charge >= 0.3 is 0 Å². The third-order valence-corrected chi connectivity index (χ3v) is 5.48. The number of likely N-dealkylation sites (tertiary alicyclic amines) is 1. The van der Waals surface area contributed by atoms with Crippen LogP contribution in [0.1, 0.15) is 25.0 Å². The lowest BCUT2D eigenvalue weighted by Gasteiger charge is -2.40. The maximum absolute atomic E-state index is 10.3. The number of fused-ring (bicyclic) bond motifs is 1. The third kappa shape index (κ3) is 2.53. The summed E-state index contributed by atoms with van der Waals surface area (Å²) in [6, 6.07) is 2.08. The van der Waals surface area contributed by atoms with Crippen molar-refractivity contribution < 1.29 is 5.11 Å². The Kier molecular flexibility index (Phi) is 3.15. The highest BCUT2D eigenvalue weighted by Gasteiger charge is 2.44. The molecular weight excluding hydrogens is 264 g/mol. The van der Waals surface area contributed by atoms with E-state index in [2.05, 4.69) is 25.8 Å². The molecule has 4 rings (SSSR count). The first kappa shape index (κ1) is 13.5. The minimum atomic E-state index is -0.373. The summed E-state index contributed by atoms with van der Waals surface area (Å²) >= 11 is 0. The van der Waals surface area contributed by atoms with Gasteiger partial charge in [-0.25, -0.2) is 9.97 Å². The van der Waals surface area contributed by atoms with Crippen LogP contribution in [-0.4, -0.2) is 58.3 Å². The van der Waals surface area contributed by atoms with Crippen LogP contribution in [0.3, 0.4) is 0 Å². The molecule has 0 amide bonds. The Morgan fingerprint density at radius 3 is 2.48 bits per heavy atom. The molecule has 1 aromatic rings. The van der Waals surface area contributed by atoms with E-state index in [4.69, 9.17) is 0 Å². The molecule has 0 spiro atoms. The summed E-state index contributed by atoms with van der Waals surface area (Å²) in [7, 11) is 0. The summed E-state index contributed by atoms with van der Waals surface area (Å²) in [6.45, 7) is 7.35. The van der Waals surface area contributed by atoms with E-state index in [1.165, 1.54) is 6.42 Å². The second-order valence-corrected chi connectivity index (χ2v) is 7.21. The Bertz CT molecular complexity index is 517. The second-order valence-electron chi connectivity index (χ2n) is 7.21. The first-order chi connectivity index (χ1) is 10.1. The fraction of sp³-hybridized carbons (Fsp3) is 0.750. The third-order valence-electron chi connectivity index (χ3n) is 5.48. The highest BCUT2D eigenvalue weighted by Crippen LogP contribution is 2.37. The summed E-state index contributed by atoms with van der Waals surface area (Å²) < 4.78 is 0. The average Bonchev–Trinajstić information content (AvgIpc) is 2.95. The van der Waals surface area contributed by atoms with Crippen molar-refractivity contribution in [2.45, 2.75) is 31.8 Å². The molecule has 3 fully saturated rings. The quantitative estimate of drug-likeness (QED) is 0.901. The van der Waals surface area contributed by atoms with Crippen LogP contribution in [-0.2, 0) is 0 Å². The van der Waals surface area contributed by atoms with Gasteiger partial charge in [0.15, 0.2) is 0 Å². The van der Waals surface area contributed by atoms with E-state index in [0.717, 1.165) is 68.9 Å². The molecule has 2 aliphatic heterocycles. The van der Waals surface area contributed by atoms with Gasteiger partial charge in [-0.15, -0.1) is 0 Å². The number of aryl methyl sites for hydroxylation is 1. The maximum atomic E-state index is 10.3. The lowest BCUT2D eigenvalue weighted by Crippen LogP contribution is -2.48. The Balaban J connectivity index is 1.37. The first-order valence-corrected chi connectivity index (χ1v) is 8.10. The SMILES string of the molecule is Cc1cc(N2CC3CN(CC4(O)CCC4)CC3C2)ncn1. The van der Waals surface area contributed by atoms with E-state index in [9.17, 15) is 5.11 Å². The van der Waals surface area contributed by atoms with E-state index in [0.29, 0.717) is 0 Å². The van der Waals surface area contributed by atoms with Gasteiger partial charge in [0.05, 0.1) is 5.60 Å². The molecule has 0 aromatic carbocycles. The number of β-amino-alcohol motifs (C(OH)–C–C–N with tert-alkyl or cyclic N) is 1. The molecule has 3 aliphatic rings. The monoisotopic (exact) mass is 288 g/mol. The Morgan fingerprint density at radius 2 is 1.90 bits per heavy atom. The zero-order chi connectivity index (χ0) is 14.4.